The molecular weight excluding hydrogens is 707 g/mol. The first-order valence-corrected chi connectivity index (χ1v) is 16.6. The van der Waals surface area contributed by atoms with Crippen LogP contribution in [0.4, 0.5) is 36.4 Å². The highest BCUT2D eigenvalue weighted by Crippen LogP contribution is 2.35. The molecule has 1 aliphatic rings. The second kappa shape index (κ2) is 17.3. The van der Waals surface area contributed by atoms with Gasteiger partial charge >= 0.3 is 12.4 Å². The molecule has 0 aromatic heterocycles. The number of halogens is 7. The molecule has 1 heterocycles. The number of ether oxygens (including phenoxy) is 1. The van der Waals surface area contributed by atoms with Gasteiger partial charge < -0.3 is 25.0 Å². The molecule has 0 radical (unpaired) electrons. The Hall–Kier alpha value is -4.95. The average molecular weight is 748 g/mol. The Morgan fingerprint density at radius 3 is 2.09 bits per heavy atom. The zero-order valence-corrected chi connectivity index (χ0v) is 29.5. The van der Waals surface area contributed by atoms with Crippen LogP contribution in [0.25, 0.3) is 11.1 Å². The Kier molecular flexibility index (Phi) is 13.3. The summed E-state index contributed by atoms with van der Waals surface area (Å²) >= 11 is 0. The topological polar surface area (TPSA) is 82.1 Å². The third-order valence-electron chi connectivity index (χ3n) is 8.30. The van der Waals surface area contributed by atoms with Crippen LogP contribution in [-0.4, -0.2) is 66.6 Å². The average Bonchev–Trinajstić information content (AvgIpc) is 3.08. The summed E-state index contributed by atoms with van der Waals surface area (Å²) in [6.45, 7) is 4.93. The zero-order chi connectivity index (χ0) is 39.1. The predicted octanol–water partition coefficient (Wildman–Crippen LogP) is 8.31. The number of para-hydroxylation sites is 1. The van der Waals surface area contributed by atoms with Crippen LogP contribution in [0, 0.1) is 11.7 Å². The number of carbonyl (C=O) groups is 2. The fraction of sp³-hybridized carbons (Fsp3) is 0.333. The van der Waals surface area contributed by atoms with Crippen LogP contribution in [0.2, 0.25) is 0 Å². The normalized spacial score (nSPS) is 15.4. The van der Waals surface area contributed by atoms with Gasteiger partial charge in [-0.3, -0.25) is 9.59 Å². The van der Waals surface area contributed by atoms with Gasteiger partial charge in [0.25, 0.3) is 5.91 Å². The summed E-state index contributed by atoms with van der Waals surface area (Å²) < 4.78 is 95.9. The summed E-state index contributed by atoms with van der Waals surface area (Å²) in [6, 6.07) is 18.1. The molecule has 0 unspecified atom stereocenters. The van der Waals surface area contributed by atoms with Crippen LogP contribution in [0.5, 0.6) is 5.75 Å². The van der Waals surface area contributed by atoms with Crippen LogP contribution in [-0.2, 0) is 30.1 Å². The monoisotopic (exact) mass is 747 g/mol. The molecule has 2 N–H and O–H groups in total. The van der Waals surface area contributed by atoms with E-state index in [1.807, 2.05) is 25.9 Å². The molecule has 4 aromatic rings. The summed E-state index contributed by atoms with van der Waals surface area (Å²) in [6.07, 6.45) is -9.06. The highest BCUT2D eigenvalue weighted by molar-refractivity contribution is 6.02. The maximum absolute atomic E-state index is 13.8. The summed E-state index contributed by atoms with van der Waals surface area (Å²) in [5.41, 5.74) is 0.759. The minimum Gasteiger partial charge on any atom is -0.490 e. The van der Waals surface area contributed by atoms with Crippen molar-refractivity contribution < 1.29 is 50.2 Å². The third kappa shape index (κ3) is 11.0. The molecule has 4 aromatic carbocycles. The van der Waals surface area contributed by atoms with Crippen molar-refractivity contribution in [1.29, 1.82) is 0 Å². The van der Waals surface area contributed by atoms with Gasteiger partial charge in [-0.15, -0.1) is 0 Å². The number of benzene rings is 4. The Labute approximate surface area is 303 Å². The van der Waals surface area contributed by atoms with E-state index in [1.165, 1.54) is 12.1 Å². The van der Waals surface area contributed by atoms with E-state index in [2.05, 4.69) is 5.32 Å². The number of fused-ring (bicyclic) bond motifs is 1. The fourth-order valence-corrected chi connectivity index (χ4v) is 5.56. The van der Waals surface area contributed by atoms with Crippen LogP contribution >= 0.6 is 0 Å². The second-order valence-corrected chi connectivity index (χ2v) is 13.1. The SMILES string of the molecule is CN(C)Cc1ccc(-c2cc(C(F)(F)F)ccc2F)cc1.C[C@H]1COc2c(NC(=O)Cc3ccc(C(F)(F)F)cc3)cccc2C(=O)N([C@@H](C)CO)C1. The van der Waals surface area contributed by atoms with E-state index in [9.17, 15) is 45.4 Å². The number of aliphatic hydroxyl groups excluding tert-OH is 1. The molecular formula is C39H40F7N3O4. The van der Waals surface area contributed by atoms with E-state index in [1.54, 1.807) is 54.3 Å². The van der Waals surface area contributed by atoms with Crippen molar-refractivity contribution in [2.75, 3.05) is 39.2 Å². The first kappa shape index (κ1) is 40.8. The molecule has 2 atom stereocenters. The van der Waals surface area contributed by atoms with Crippen molar-refractivity contribution in [2.24, 2.45) is 5.92 Å². The van der Waals surface area contributed by atoms with Crippen LogP contribution in [0.3, 0.4) is 0 Å². The van der Waals surface area contributed by atoms with E-state index in [0.29, 0.717) is 36.5 Å². The van der Waals surface area contributed by atoms with Gasteiger partial charge in [0, 0.05) is 24.6 Å². The van der Waals surface area contributed by atoms with Gasteiger partial charge in [0.05, 0.1) is 48.1 Å². The molecule has 0 saturated heterocycles. The van der Waals surface area contributed by atoms with E-state index in [0.717, 1.165) is 35.9 Å². The van der Waals surface area contributed by atoms with Gasteiger partial charge in [-0.2, -0.15) is 26.3 Å². The third-order valence-corrected chi connectivity index (χ3v) is 8.30. The van der Waals surface area contributed by atoms with Gasteiger partial charge in [-0.1, -0.05) is 49.4 Å². The van der Waals surface area contributed by atoms with Crippen molar-refractivity contribution in [3.8, 4) is 16.9 Å². The number of aliphatic hydroxyl groups is 1. The molecule has 0 spiro atoms. The Morgan fingerprint density at radius 1 is 0.906 bits per heavy atom. The molecule has 284 valence electrons. The molecule has 0 fully saturated rings. The van der Waals surface area contributed by atoms with E-state index >= 15 is 0 Å². The van der Waals surface area contributed by atoms with Crippen LogP contribution < -0.4 is 10.1 Å². The molecule has 53 heavy (non-hydrogen) atoms. The lowest BCUT2D eigenvalue weighted by molar-refractivity contribution is -0.138. The van der Waals surface area contributed by atoms with Crippen molar-refractivity contribution in [3.05, 3.63) is 119 Å². The maximum Gasteiger partial charge on any atom is 0.416 e. The summed E-state index contributed by atoms with van der Waals surface area (Å²) in [5.74, 6) is -1.20. The van der Waals surface area contributed by atoms with E-state index < -0.39 is 35.2 Å². The van der Waals surface area contributed by atoms with Crippen molar-refractivity contribution in [3.63, 3.8) is 0 Å². The lowest BCUT2D eigenvalue weighted by atomic mass is 10.0. The predicted molar refractivity (Wildman–Crippen MR) is 187 cm³/mol. The lowest BCUT2D eigenvalue weighted by Gasteiger charge is -2.33. The largest absolute Gasteiger partial charge is 0.490 e. The molecule has 0 saturated carbocycles. The Morgan fingerprint density at radius 2 is 1.51 bits per heavy atom. The first-order chi connectivity index (χ1) is 24.9. The first-order valence-electron chi connectivity index (χ1n) is 16.6. The Balaban J connectivity index is 0.000000258. The fourth-order valence-electron chi connectivity index (χ4n) is 5.56. The minimum atomic E-state index is -4.48. The maximum atomic E-state index is 13.8. The number of hydrogen-bond acceptors (Lipinski definition) is 5. The number of rotatable bonds is 8. The number of nitrogens with one attached hydrogen (secondary N) is 1. The van der Waals surface area contributed by atoms with Crippen molar-refractivity contribution in [1.82, 2.24) is 9.80 Å². The van der Waals surface area contributed by atoms with Gasteiger partial charge in [0.15, 0.2) is 5.75 Å². The zero-order valence-electron chi connectivity index (χ0n) is 29.5. The Bertz CT molecular complexity index is 1860. The summed E-state index contributed by atoms with van der Waals surface area (Å²) in [7, 11) is 3.83. The van der Waals surface area contributed by atoms with Gasteiger partial charge in [0.1, 0.15) is 5.82 Å². The van der Waals surface area contributed by atoms with Gasteiger partial charge in [-0.05, 0) is 80.2 Å². The summed E-state index contributed by atoms with van der Waals surface area (Å²) in [4.78, 5) is 29.2. The van der Waals surface area contributed by atoms with E-state index in [-0.39, 0.29) is 47.8 Å². The molecule has 0 aliphatic carbocycles. The van der Waals surface area contributed by atoms with Crippen molar-refractivity contribution in [2.45, 2.75) is 45.2 Å². The quantitative estimate of drug-likeness (QED) is 0.177. The minimum absolute atomic E-state index is 0.00277. The number of anilines is 1. The molecule has 2 amide bonds. The highest BCUT2D eigenvalue weighted by atomic mass is 19.4. The van der Waals surface area contributed by atoms with Crippen LogP contribution in [0.1, 0.15) is 46.5 Å². The number of alkyl halides is 6. The van der Waals surface area contributed by atoms with Gasteiger partial charge in [0.2, 0.25) is 5.91 Å². The van der Waals surface area contributed by atoms with Crippen molar-refractivity contribution >= 4 is 17.5 Å². The van der Waals surface area contributed by atoms with Crippen LogP contribution in [0.15, 0.2) is 84.9 Å². The molecule has 5 rings (SSSR count). The molecule has 1 aliphatic heterocycles. The molecule has 0 bridgehead atoms. The lowest BCUT2D eigenvalue weighted by Crippen LogP contribution is -2.45. The number of carbonyl (C=O) groups excluding carboxylic acids is 2. The molecule has 7 nitrogen and oxygen atoms in total. The highest BCUT2D eigenvalue weighted by Gasteiger charge is 2.32. The summed E-state index contributed by atoms with van der Waals surface area (Å²) in [5, 5.41) is 12.2. The number of hydrogen-bond donors (Lipinski definition) is 2. The smallest absolute Gasteiger partial charge is 0.416 e. The second-order valence-electron chi connectivity index (χ2n) is 13.1. The standard InChI is InChI=1S/C23H25F3N2O4.C16H15F4N/c1-14-11-28(15(2)12-29)22(31)18-4-3-5-19(21(18)32-13-14)27-20(30)10-16-6-8-17(9-7-16)23(24,25)26;1-21(2)10-11-3-5-12(6-4-11)14-9-13(16(18,19)20)7-8-15(14)17/h3-9,14-15,29H,10-13H2,1-2H3,(H,27,30);3-9H,10H2,1-2H3/t14-,15+;/m1./s1. The molecule has 14 heteroatoms. The van der Waals surface area contributed by atoms with E-state index in [4.69, 9.17) is 4.74 Å². The van der Waals surface area contributed by atoms with Gasteiger partial charge in [-0.25, -0.2) is 4.39 Å². The number of nitrogens with zero attached hydrogens (tertiary/aromatic N) is 2. The number of amides is 2.